The third-order valence-electron chi connectivity index (χ3n) is 5.12. The topological polar surface area (TPSA) is 41.6 Å². The van der Waals surface area contributed by atoms with Crippen LogP contribution < -0.4 is 5.32 Å². The van der Waals surface area contributed by atoms with Crippen molar-refractivity contribution in [2.45, 2.75) is 63.5 Å². The van der Waals surface area contributed by atoms with Crippen LogP contribution in [0.5, 0.6) is 0 Å². The van der Waals surface area contributed by atoms with E-state index in [1.807, 2.05) is 0 Å². The molecule has 1 amide bonds. The fourth-order valence-electron chi connectivity index (χ4n) is 3.94. The standard InChI is InChI=1S/C16H28N2O2/c19-16(13-5-3-9-17-11-13)18(14-6-1-2-7-14)12-15-8-4-10-20-15/h13-15,17H,1-12H2. The van der Waals surface area contributed by atoms with Gasteiger partial charge in [0.2, 0.25) is 5.91 Å². The number of rotatable bonds is 4. The van der Waals surface area contributed by atoms with Gasteiger partial charge in [-0.05, 0) is 45.1 Å². The fourth-order valence-corrected chi connectivity index (χ4v) is 3.94. The van der Waals surface area contributed by atoms with Crippen LogP contribution in [0.3, 0.4) is 0 Å². The van der Waals surface area contributed by atoms with Crippen LogP contribution in [0, 0.1) is 5.92 Å². The Morgan fingerprint density at radius 2 is 1.95 bits per heavy atom. The van der Waals surface area contributed by atoms with Gasteiger partial charge in [0.1, 0.15) is 0 Å². The predicted molar refractivity (Wildman–Crippen MR) is 78.5 cm³/mol. The van der Waals surface area contributed by atoms with Gasteiger partial charge < -0.3 is 15.0 Å². The number of nitrogens with one attached hydrogen (secondary N) is 1. The van der Waals surface area contributed by atoms with Crippen molar-refractivity contribution in [3.63, 3.8) is 0 Å². The van der Waals surface area contributed by atoms with Gasteiger partial charge in [0, 0.05) is 25.7 Å². The van der Waals surface area contributed by atoms with Crippen LogP contribution in [0.4, 0.5) is 0 Å². The SMILES string of the molecule is O=C(C1CCCNC1)N(CC1CCCO1)C1CCCC1. The lowest BCUT2D eigenvalue weighted by molar-refractivity contribution is -0.140. The maximum absolute atomic E-state index is 12.9. The minimum atomic E-state index is 0.200. The molecular weight excluding hydrogens is 252 g/mol. The molecule has 0 aromatic rings. The quantitative estimate of drug-likeness (QED) is 0.855. The first kappa shape index (κ1) is 14.3. The van der Waals surface area contributed by atoms with Crippen LogP contribution in [-0.2, 0) is 9.53 Å². The highest BCUT2D eigenvalue weighted by atomic mass is 16.5. The van der Waals surface area contributed by atoms with Gasteiger partial charge in [0.15, 0.2) is 0 Å². The molecule has 2 atom stereocenters. The third-order valence-corrected chi connectivity index (χ3v) is 5.12. The van der Waals surface area contributed by atoms with E-state index < -0.39 is 0 Å². The van der Waals surface area contributed by atoms with E-state index in [-0.39, 0.29) is 12.0 Å². The molecule has 0 spiro atoms. The number of carbonyl (C=O) groups is 1. The highest BCUT2D eigenvalue weighted by Gasteiger charge is 2.34. The number of hydrogen-bond donors (Lipinski definition) is 1. The molecule has 4 heteroatoms. The Balaban J connectivity index is 1.64. The molecule has 0 bridgehead atoms. The molecule has 2 saturated heterocycles. The Morgan fingerprint density at radius 3 is 2.60 bits per heavy atom. The molecule has 0 aromatic carbocycles. The molecule has 3 rings (SSSR count). The highest BCUT2D eigenvalue weighted by molar-refractivity contribution is 5.79. The summed E-state index contributed by atoms with van der Waals surface area (Å²) in [5, 5.41) is 3.38. The molecule has 0 aromatic heterocycles. The van der Waals surface area contributed by atoms with Crippen molar-refractivity contribution in [2.75, 3.05) is 26.2 Å². The molecule has 114 valence electrons. The van der Waals surface area contributed by atoms with Gasteiger partial charge in [0.05, 0.1) is 12.0 Å². The van der Waals surface area contributed by atoms with Gasteiger partial charge in [0.25, 0.3) is 0 Å². The number of carbonyl (C=O) groups excluding carboxylic acids is 1. The van der Waals surface area contributed by atoms with Crippen LogP contribution in [0.25, 0.3) is 0 Å². The van der Waals surface area contributed by atoms with Gasteiger partial charge in [-0.25, -0.2) is 0 Å². The first-order chi connectivity index (χ1) is 9.84. The van der Waals surface area contributed by atoms with Crippen molar-refractivity contribution in [3.05, 3.63) is 0 Å². The average Bonchev–Trinajstić information content (AvgIpc) is 3.18. The Morgan fingerprint density at radius 1 is 1.10 bits per heavy atom. The van der Waals surface area contributed by atoms with Crippen LogP contribution in [0.2, 0.25) is 0 Å². The van der Waals surface area contributed by atoms with Crippen molar-refractivity contribution in [3.8, 4) is 0 Å². The summed E-state index contributed by atoms with van der Waals surface area (Å²) >= 11 is 0. The normalized spacial score (nSPS) is 31.6. The Hall–Kier alpha value is -0.610. The summed E-state index contributed by atoms with van der Waals surface area (Å²) < 4.78 is 5.77. The van der Waals surface area contributed by atoms with Crippen LogP contribution in [0.1, 0.15) is 51.4 Å². The second kappa shape index (κ2) is 6.90. The molecule has 0 radical (unpaired) electrons. The van der Waals surface area contributed by atoms with Gasteiger partial charge in [-0.2, -0.15) is 0 Å². The molecule has 3 aliphatic rings. The number of piperidine rings is 1. The van der Waals surface area contributed by atoms with Gasteiger partial charge in [-0.15, -0.1) is 0 Å². The van der Waals surface area contributed by atoms with E-state index >= 15 is 0 Å². The van der Waals surface area contributed by atoms with Crippen LogP contribution in [-0.4, -0.2) is 49.2 Å². The summed E-state index contributed by atoms with van der Waals surface area (Å²) in [5.41, 5.74) is 0. The van der Waals surface area contributed by atoms with E-state index in [2.05, 4.69) is 10.2 Å². The molecule has 20 heavy (non-hydrogen) atoms. The second-order valence-electron chi connectivity index (χ2n) is 6.61. The lowest BCUT2D eigenvalue weighted by Crippen LogP contribution is -2.49. The van der Waals surface area contributed by atoms with Crippen molar-refractivity contribution in [1.82, 2.24) is 10.2 Å². The Kier molecular flexibility index (Phi) is 4.94. The largest absolute Gasteiger partial charge is 0.376 e. The smallest absolute Gasteiger partial charge is 0.227 e. The van der Waals surface area contributed by atoms with Crippen LogP contribution in [0.15, 0.2) is 0 Å². The molecule has 2 heterocycles. The van der Waals surface area contributed by atoms with Gasteiger partial charge in [-0.3, -0.25) is 4.79 Å². The summed E-state index contributed by atoms with van der Waals surface area (Å²) in [6, 6.07) is 0.480. The number of nitrogens with zero attached hydrogens (tertiary/aromatic N) is 1. The summed E-state index contributed by atoms with van der Waals surface area (Å²) in [6.07, 6.45) is 9.70. The number of ether oxygens (including phenoxy) is 1. The van der Waals surface area contributed by atoms with Crippen molar-refractivity contribution in [2.24, 2.45) is 5.92 Å². The maximum Gasteiger partial charge on any atom is 0.227 e. The molecular formula is C16H28N2O2. The summed E-state index contributed by atoms with van der Waals surface area (Å²) in [5.74, 6) is 0.588. The van der Waals surface area contributed by atoms with E-state index in [9.17, 15) is 4.79 Å². The lowest BCUT2D eigenvalue weighted by Gasteiger charge is -2.35. The van der Waals surface area contributed by atoms with Crippen molar-refractivity contribution >= 4 is 5.91 Å². The minimum Gasteiger partial charge on any atom is -0.376 e. The highest BCUT2D eigenvalue weighted by Crippen LogP contribution is 2.27. The number of amides is 1. The summed E-state index contributed by atoms with van der Waals surface area (Å²) in [4.78, 5) is 15.1. The molecule has 1 saturated carbocycles. The Bertz CT molecular complexity index is 316. The maximum atomic E-state index is 12.9. The number of hydrogen-bond acceptors (Lipinski definition) is 3. The average molecular weight is 280 g/mol. The first-order valence-corrected chi connectivity index (χ1v) is 8.47. The zero-order chi connectivity index (χ0) is 13.8. The van der Waals surface area contributed by atoms with Crippen molar-refractivity contribution in [1.29, 1.82) is 0 Å². The molecule has 1 N–H and O–H groups in total. The van der Waals surface area contributed by atoms with Gasteiger partial charge >= 0.3 is 0 Å². The zero-order valence-corrected chi connectivity index (χ0v) is 12.5. The van der Waals surface area contributed by atoms with E-state index in [0.717, 1.165) is 51.9 Å². The molecule has 2 aliphatic heterocycles. The third kappa shape index (κ3) is 3.34. The van der Waals surface area contributed by atoms with E-state index in [1.165, 1.54) is 25.7 Å². The predicted octanol–water partition coefficient (Wildman–Crippen LogP) is 1.94. The lowest BCUT2D eigenvalue weighted by atomic mass is 9.96. The van der Waals surface area contributed by atoms with E-state index in [1.54, 1.807) is 0 Å². The molecule has 4 nitrogen and oxygen atoms in total. The second-order valence-corrected chi connectivity index (χ2v) is 6.61. The molecule has 3 fully saturated rings. The minimum absolute atomic E-state index is 0.200. The monoisotopic (exact) mass is 280 g/mol. The molecule has 1 aliphatic carbocycles. The summed E-state index contributed by atoms with van der Waals surface area (Å²) in [6.45, 7) is 3.65. The zero-order valence-electron chi connectivity index (χ0n) is 12.5. The van der Waals surface area contributed by atoms with Crippen LogP contribution >= 0.6 is 0 Å². The summed E-state index contributed by atoms with van der Waals surface area (Å²) in [7, 11) is 0. The molecule has 2 unspecified atom stereocenters. The fraction of sp³-hybridized carbons (Fsp3) is 0.938. The first-order valence-electron chi connectivity index (χ1n) is 8.47. The van der Waals surface area contributed by atoms with Crippen molar-refractivity contribution < 1.29 is 9.53 Å². The van der Waals surface area contributed by atoms with E-state index in [4.69, 9.17) is 4.74 Å². The van der Waals surface area contributed by atoms with E-state index in [0.29, 0.717) is 11.9 Å². The Labute approximate surface area is 122 Å². The van der Waals surface area contributed by atoms with Gasteiger partial charge in [-0.1, -0.05) is 12.8 Å².